The summed E-state index contributed by atoms with van der Waals surface area (Å²) in [5.41, 5.74) is 4.83. The van der Waals surface area contributed by atoms with Gasteiger partial charge in [0.15, 0.2) is 17.3 Å². The minimum atomic E-state index is 0.544. The Hall–Kier alpha value is -4.65. The van der Waals surface area contributed by atoms with Crippen molar-refractivity contribution in [2.75, 3.05) is 26.6 Å². The Labute approximate surface area is 209 Å². The van der Waals surface area contributed by atoms with Gasteiger partial charge in [0.05, 0.1) is 26.8 Å². The van der Waals surface area contributed by atoms with E-state index in [-0.39, 0.29) is 0 Å². The standard InChI is InChI=1S/C29H26N4O3/c1-34-23-8-4-6-20(15-23)21-10-11-25-24(16-21)29(33-28(32-25)22-7-5-13-30-18-22)31-17-19-9-12-26(35-2)27(14-19)36-3/h4-16,18H,17H2,1-3H3,(H,31,32,33). The summed E-state index contributed by atoms with van der Waals surface area (Å²) in [4.78, 5) is 13.9. The molecule has 0 spiro atoms. The first kappa shape index (κ1) is 23.1. The van der Waals surface area contributed by atoms with Gasteiger partial charge in [-0.05, 0) is 65.2 Å². The molecular weight excluding hydrogens is 452 g/mol. The maximum absolute atomic E-state index is 5.46. The van der Waals surface area contributed by atoms with Crippen LogP contribution in [0.25, 0.3) is 33.4 Å². The van der Waals surface area contributed by atoms with Crippen LogP contribution in [-0.2, 0) is 6.54 Å². The lowest BCUT2D eigenvalue weighted by atomic mass is 10.0. The van der Waals surface area contributed by atoms with Crippen LogP contribution in [0.1, 0.15) is 5.56 Å². The number of nitrogens with zero attached hydrogens (tertiary/aromatic N) is 3. The molecule has 3 aromatic carbocycles. The van der Waals surface area contributed by atoms with E-state index in [1.54, 1.807) is 33.7 Å². The van der Waals surface area contributed by atoms with E-state index in [1.807, 2.05) is 54.6 Å². The van der Waals surface area contributed by atoms with E-state index in [2.05, 4.69) is 28.5 Å². The van der Waals surface area contributed by atoms with Crippen LogP contribution in [0.15, 0.2) is 85.2 Å². The van der Waals surface area contributed by atoms with Gasteiger partial charge >= 0.3 is 0 Å². The van der Waals surface area contributed by atoms with Crippen molar-refractivity contribution >= 4 is 16.7 Å². The predicted octanol–water partition coefficient (Wildman–Crippen LogP) is 6.00. The molecule has 5 aromatic rings. The summed E-state index contributed by atoms with van der Waals surface area (Å²) in [6.07, 6.45) is 3.51. The average Bonchev–Trinajstić information content (AvgIpc) is 2.95. The lowest BCUT2D eigenvalue weighted by Gasteiger charge is -2.14. The second kappa shape index (κ2) is 10.3. The van der Waals surface area contributed by atoms with Gasteiger partial charge in [-0.3, -0.25) is 4.98 Å². The van der Waals surface area contributed by atoms with E-state index in [1.165, 1.54) is 0 Å². The normalized spacial score (nSPS) is 10.8. The number of anilines is 1. The van der Waals surface area contributed by atoms with E-state index < -0.39 is 0 Å². The van der Waals surface area contributed by atoms with Gasteiger partial charge in [-0.15, -0.1) is 0 Å². The fourth-order valence-electron chi connectivity index (χ4n) is 4.05. The van der Waals surface area contributed by atoms with E-state index in [0.717, 1.165) is 44.7 Å². The molecule has 0 radical (unpaired) electrons. The number of pyridine rings is 1. The largest absolute Gasteiger partial charge is 0.497 e. The molecule has 7 heteroatoms. The Bertz CT molecular complexity index is 1510. The molecule has 0 bridgehead atoms. The van der Waals surface area contributed by atoms with E-state index in [9.17, 15) is 0 Å². The summed E-state index contributed by atoms with van der Waals surface area (Å²) in [5, 5.41) is 4.43. The number of ether oxygens (including phenoxy) is 3. The molecular formula is C29H26N4O3. The first-order chi connectivity index (χ1) is 17.7. The van der Waals surface area contributed by atoms with Gasteiger partial charge < -0.3 is 19.5 Å². The quantitative estimate of drug-likeness (QED) is 0.293. The Kier molecular flexibility index (Phi) is 6.62. The number of nitrogens with one attached hydrogen (secondary N) is 1. The van der Waals surface area contributed by atoms with Crippen molar-refractivity contribution in [2.45, 2.75) is 6.54 Å². The Morgan fingerprint density at radius 3 is 2.33 bits per heavy atom. The monoisotopic (exact) mass is 478 g/mol. The lowest BCUT2D eigenvalue weighted by Crippen LogP contribution is -2.05. The summed E-state index contributed by atoms with van der Waals surface area (Å²) in [7, 11) is 4.93. The van der Waals surface area contributed by atoms with Gasteiger partial charge in [0, 0.05) is 29.9 Å². The number of rotatable bonds is 8. The summed E-state index contributed by atoms with van der Waals surface area (Å²) >= 11 is 0. The third-order valence-electron chi connectivity index (χ3n) is 5.93. The zero-order chi connectivity index (χ0) is 24.9. The van der Waals surface area contributed by atoms with Crippen molar-refractivity contribution in [1.82, 2.24) is 15.0 Å². The number of hydrogen-bond donors (Lipinski definition) is 1. The highest BCUT2D eigenvalue weighted by atomic mass is 16.5. The van der Waals surface area contributed by atoms with Crippen molar-refractivity contribution in [2.24, 2.45) is 0 Å². The van der Waals surface area contributed by atoms with Crippen molar-refractivity contribution in [3.63, 3.8) is 0 Å². The minimum Gasteiger partial charge on any atom is -0.497 e. The zero-order valence-corrected chi connectivity index (χ0v) is 20.4. The Balaban J connectivity index is 1.57. The van der Waals surface area contributed by atoms with Crippen LogP contribution in [0.5, 0.6) is 17.2 Å². The van der Waals surface area contributed by atoms with Crippen LogP contribution < -0.4 is 19.5 Å². The number of fused-ring (bicyclic) bond motifs is 1. The first-order valence-electron chi connectivity index (χ1n) is 11.5. The molecule has 36 heavy (non-hydrogen) atoms. The minimum absolute atomic E-state index is 0.544. The number of hydrogen-bond acceptors (Lipinski definition) is 7. The van der Waals surface area contributed by atoms with Crippen LogP contribution in [0, 0.1) is 0 Å². The van der Waals surface area contributed by atoms with Gasteiger partial charge in [-0.25, -0.2) is 9.97 Å². The summed E-state index contributed by atoms with van der Waals surface area (Å²) in [6, 6.07) is 23.9. The fraction of sp³-hybridized carbons (Fsp3) is 0.138. The molecule has 0 amide bonds. The molecule has 0 unspecified atom stereocenters. The molecule has 2 aromatic heterocycles. The molecule has 0 fully saturated rings. The van der Waals surface area contributed by atoms with Gasteiger partial charge in [0.2, 0.25) is 0 Å². The molecule has 0 saturated carbocycles. The van der Waals surface area contributed by atoms with Crippen molar-refractivity contribution in [1.29, 1.82) is 0 Å². The van der Waals surface area contributed by atoms with E-state index in [4.69, 9.17) is 24.2 Å². The smallest absolute Gasteiger partial charge is 0.163 e. The fourth-order valence-corrected chi connectivity index (χ4v) is 4.05. The van der Waals surface area contributed by atoms with E-state index in [0.29, 0.717) is 23.9 Å². The van der Waals surface area contributed by atoms with Gasteiger partial charge in [0.25, 0.3) is 0 Å². The molecule has 2 heterocycles. The SMILES string of the molecule is COc1cccc(-c2ccc3nc(-c4cccnc4)nc(NCc4ccc(OC)c(OC)c4)c3c2)c1. The zero-order valence-electron chi connectivity index (χ0n) is 20.4. The maximum Gasteiger partial charge on any atom is 0.163 e. The van der Waals surface area contributed by atoms with E-state index >= 15 is 0 Å². The third kappa shape index (κ3) is 4.77. The highest BCUT2D eigenvalue weighted by molar-refractivity contribution is 5.94. The second-order valence-electron chi connectivity index (χ2n) is 8.14. The van der Waals surface area contributed by atoms with Gasteiger partial charge in [0.1, 0.15) is 11.6 Å². The molecule has 7 nitrogen and oxygen atoms in total. The number of methoxy groups -OCH3 is 3. The predicted molar refractivity (Wildman–Crippen MR) is 142 cm³/mol. The second-order valence-corrected chi connectivity index (χ2v) is 8.14. The molecule has 180 valence electrons. The molecule has 0 saturated heterocycles. The van der Waals surface area contributed by atoms with Crippen LogP contribution in [0.3, 0.4) is 0 Å². The average molecular weight is 479 g/mol. The highest BCUT2D eigenvalue weighted by Crippen LogP contribution is 2.32. The highest BCUT2D eigenvalue weighted by Gasteiger charge is 2.12. The molecule has 0 aliphatic heterocycles. The number of aromatic nitrogens is 3. The maximum atomic E-state index is 5.46. The van der Waals surface area contributed by atoms with Crippen LogP contribution >= 0.6 is 0 Å². The molecule has 0 atom stereocenters. The molecule has 5 rings (SSSR count). The van der Waals surface area contributed by atoms with Crippen LogP contribution in [-0.4, -0.2) is 36.3 Å². The molecule has 0 aliphatic rings. The first-order valence-corrected chi connectivity index (χ1v) is 11.5. The summed E-state index contributed by atoms with van der Waals surface area (Å²) < 4.78 is 16.2. The summed E-state index contributed by atoms with van der Waals surface area (Å²) in [5.74, 6) is 3.52. The van der Waals surface area contributed by atoms with Gasteiger partial charge in [-0.1, -0.05) is 24.3 Å². The molecule has 0 aliphatic carbocycles. The van der Waals surface area contributed by atoms with Crippen LogP contribution in [0.4, 0.5) is 5.82 Å². The van der Waals surface area contributed by atoms with Crippen molar-refractivity contribution < 1.29 is 14.2 Å². The Morgan fingerprint density at radius 1 is 0.722 bits per heavy atom. The lowest BCUT2D eigenvalue weighted by molar-refractivity contribution is 0.354. The van der Waals surface area contributed by atoms with Gasteiger partial charge in [-0.2, -0.15) is 0 Å². The van der Waals surface area contributed by atoms with Crippen LogP contribution in [0.2, 0.25) is 0 Å². The number of benzene rings is 3. The molecule has 1 N–H and O–H groups in total. The third-order valence-corrected chi connectivity index (χ3v) is 5.93. The topological polar surface area (TPSA) is 78.4 Å². The van der Waals surface area contributed by atoms with Crippen molar-refractivity contribution in [3.05, 3.63) is 90.8 Å². The Morgan fingerprint density at radius 2 is 1.56 bits per heavy atom. The summed E-state index contributed by atoms with van der Waals surface area (Å²) in [6.45, 7) is 0.544. The van der Waals surface area contributed by atoms with Crippen molar-refractivity contribution in [3.8, 4) is 39.8 Å².